The molecule has 1 amide bonds. The highest BCUT2D eigenvalue weighted by Gasteiger charge is 2.30. The highest BCUT2D eigenvalue weighted by molar-refractivity contribution is 5.85. The summed E-state index contributed by atoms with van der Waals surface area (Å²) < 4.78 is 0. The summed E-state index contributed by atoms with van der Waals surface area (Å²) in [5.74, 6) is -0.706. The summed E-state index contributed by atoms with van der Waals surface area (Å²) in [4.78, 5) is 23.5. The Hall–Kier alpha value is -1.84. The number of nitrogens with one attached hydrogen (secondary N) is 1. The largest absolute Gasteiger partial charge is 0.480 e. The molecule has 1 aromatic carbocycles. The van der Waals surface area contributed by atoms with Crippen LogP contribution in [0.2, 0.25) is 0 Å². The lowest BCUT2D eigenvalue weighted by molar-refractivity contribution is -0.144. The molecule has 0 radical (unpaired) electrons. The SMILES string of the molecule is CC(C)[C@@H](NC(=O)C1CCC(c2ccccc2)CC1)C(=O)O. The van der Waals surface area contributed by atoms with Crippen LogP contribution in [-0.2, 0) is 9.59 Å². The van der Waals surface area contributed by atoms with E-state index in [2.05, 4.69) is 17.4 Å². The Balaban J connectivity index is 1.88. The molecule has 0 aromatic heterocycles. The number of aliphatic carboxylic acids is 1. The molecule has 4 heteroatoms. The second-order valence-corrected chi connectivity index (χ2v) is 6.53. The summed E-state index contributed by atoms with van der Waals surface area (Å²) in [7, 11) is 0. The van der Waals surface area contributed by atoms with Gasteiger partial charge in [0, 0.05) is 5.92 Å². The molecule has 0 bridgehead atoms. The molecule has 0 unspecified atom stereocenters. The maximum absolute atomic E-state index is 12.3. The molecule has 1 aliphatic carbocycles. The zero-order chi connectivity index (χ0) is 16.1. The van der Waals surface area contributed by atoms with Crippen LogP contribution in [0.25, 0.3) is 0 Å². The first-order chi connectivity index (χ1) is 10.5. The number of hydrogen-bond donors (Lipinski definition) is 2. The average Bonchev–Trinajstić information content (AvgIpc) is 2.52. The van der Waals surface area contributed by atoms with E-state index >= 15 is 0 Å². The van der Waals surface area contributed by atoms with Gasteiger partial charge >= 0.3 is 5.97 Å². The molecule has 120 valence electrons. The summed E-state index contributed by atoms with van der Waals surface area (Å²) in [6, 6.07) is 9.61. The number of carboxylic acid groups (broad SMARTS) is 1. The van der Waals surface area contributed by atoms with Crippen LogP contribution in [0.1, 0.15) is 51.0 Å². The van der Waals surface area contributed by atoms with Crippen molar-refractivity contribution in [2.75, 3.05) is 0 Å². The number of hydrogen-bond acceptors (Lipinski definition) is 2. The second kappa shape index (κ2) is 7.43. The Bertz CT molecular complexity index is 504. The predicted octanol–water partition coefficient (Wildman–Crippen LogP) is 3.19. The molecule has 1 aliphatic rings. The molecule has 22 heavy (non-hydrogen) atoms. The molecule has 1 saturated carbocycles. The molecule has 4 nitrogen and oxygen atoms in total. The van der Waals surface area contributed by atoms with Gasteiger partial charge in [-0.1, -0.05) is 44.2 Å². The number of carboxylic acids is 1. The predicted molar refractivity (Wildman–Crippen MR) is 85.5 cm³/mol. The zero-order valence-electron chi connectivity index (χ0n) is 13.3. The van der Waals surface area contributed by atoms with Gasteiger partial charge in [0.05, 0.1) is 0 Å². The maximum Gasteiger partial charge on any atom is 0.326 e. The van der Waals surface area contributed by atoms with Crippen molar-refractivity contribution in [3.63, 3.8) is 0 Å². The Labute approximate surface area is 131 Å². The first-order valence-corrected chi connectivity index (χ1v) is 8.07. The van der Waals surface area contributed by atoms with Crippen molar-refractivity contribution in [3.8, 4) is 0 Å². The van der Waals surface area contributed by atoms with Crippen molar-refractivity contribution >= 4 is 11.9 Å². The molecule has 1 aromatic rings. The number of amides is 1. The fraction of sp³-hybridized carbons (Fsp3) is 0.556. The molecule has 0 heterocycles. The lowest BCUT2D eigenvalue weighted by atomic mass is 9.78. The van der Waals surface area contributed by atoms with Crippen LogP contribution >= 0.6 is 0 Å². The van der Waals surface area contributed by atoms with Gasteiger partial charge in [-0.3, -0.25) is 4.79 Å². The van der Waals surface area contributed by atoms with Crippen molar-refractivity contribution in [2.45, 2.75) is 51.5 Å². The van der Waals surface area contributed by atoms with Crippen LogP contribution in [-0.4, -0.2) is 23.0 Å². The van der Waals surface area contributed by atoms with E-state index in [4.69, 9.17) is 5.11 Å². The number of carbonyl (C=O) groups excluding carboxylic acids is 1. The molecule has 1 fully saturated rings. The third kappa shape index (κ3) is 4.09. The average molecular weight is 303 g/mol. The van der Waals surface area contributed by atoms with E-state index in [1.54, 1.807) is 0 Å². The fourth-order valence-corrected chi connectivity index (χ4v) is 3.20. The van der Waals surface area contributed by atoms with E-state index in [0.29, 0.717) is 5.92 Å². The fourth-order valence-electron chi connectivity index (χ4n) is 3.20. The third-order valence-electron chi connectivity index (χ3n) is 4.60. The van der Waals surface area contributed by atoms with Gasteiger partial charge in [0.15, 0.2) is 0 Å². The Morgan fingerprint density at radius 2 is 1.68 bits per heavy atom. The highest BCUT2D eigenvalue weighted by atomic mass is 16.4. The molecule has 2 N–H and O–H groups in total. The Morgan fingerprint density at radius 1 is 1.09 bits per heavy atom. The van der Waals surface area contributed by atoms with Gasteiger partial charge in [-0.25, -0.2) is 4.79 Å². The lowest BCUT2D eigenvalue weighted by Gasteiger charge is -2.29. The molecule has 0 aliphatic heterocycles. The van der Waals surface area contributed by atoms with E-state index in [-0.39, 0.29) is 17.7 Å². The first kappa shape index (κ1) is 16.5. The molecule has 1 atom stereocenters. The van der Waals surface area contributed by atoms with Crippen molar-refractivity contribution < 1.29 is 14.7 Å². The van der Waals surface area contributed by atoms with Crippen LogP contribution < -0.4 is 5.32 Å². The standard InChI is InChI=1S/C18H25NO3/c1-12(2)16(18(21)22)19-17(20)15-10-8-14(9-11-15)13-6-4-3-5-7-13/h3-7,12,14-16H,8-11H2,1-2H3,(H,19,20)(H,21,22)/t14?,15?,16-/m1/s1. The Morgan fingerprint density at radius 3 is 2.18 bits per heavy atom. The van der Waals surface area contributed by atoms with Gasteiger partial charge in [0.1, 0.15) is 6.04 Å². The first-order valence-electron chi connectivity index (χ1n) is 8.07. The van der Waals surface area contributed by atoms with E-state index in [1.807, 2.05) is 32.0 Å². The van der Waals surface area contributed by atoms with Crippen molar-refractivity contribution in [3.05, 3.63) is 35.9 Å². The quantitative estimate of drug-likeness (QED) is 0.878. The van der Waals surface area contributed by atoms with E-state index < -0.39 is 12.0 Å². The van der Waals surface area contributed by atoms with Gasteiger partial charge in [-0.05, 0) is 43.1 Å². The molecule has 0 saturated heterocycles. The molecule has 0 spiro atoms. The minimum Gasteiger partial charge on any atom is -0.480 e. The maximum atomic E-state index is 12.3. The minimum absolute atomic E-state index is 0.0550. The topological polar surface area (TPSA) is 66.4 Å². The zero-order valence-corrected chi connectivity index (χ0v) is 13.3. The van der Waals surface area contributed by atoms with Gasteiger partial charge < -0.3 is 10.4 Å². The van der Waals surface area contributed by atoms with Crippen LogP contribution in [0.15, 0.2) is 30.3 Å². The summed E-state index contributed by atoms with van der Waals surface area (Å²) in [6.07, 6.45) is 3.63. The van der Waals surface area contributed by atoms with Gasteiger partial charge in [0.2, 0.25) is 5.91 Å². The van der Waals surface area contributed by atoms with Crippen LogP contribution in [0.5, 0.6) is 0 Å². The van der Waals surface area contributed by atoms with Crippen LogP contribution in [0, 0.1) is 11.8 Å². The summed E-state index contributed by atoms with van der Waals surface area (Å²) in [5.41, 5.74) is 1.34. The van der Waals surface area contributed by atoms with Crippen LogP contribution in [0.3, 0.4) is 0 Å². The number of carbonyl (C=O) groups is 2. The molecular formula is C18H25NO3. The van der Waals surface area contributed by atoms with Crippen molar-refractivity contribution in [1.29, 1.82) is 0 Å². The van der Waals surface area contributed by atoms with Crippen LogP contribution in [0.4, 0.5) is 0 Å². The Kier molecular flexibility index (Phi) is 5.58. The van der Waals surface area contributed by atoms with Gasteiger partial charge in [-0.15, -0.1) is 0 Å². The van der Waals surface area contributed by atoms with E-state index in [0.717, 1.165) is 25.7 Å². The highest BCUT2D eigenvalue weighted by Crippen LogP contribution is 2.35. The monoisotopic (exact) mass is 303 g/mol. The minimum atomic E-state index is -0.957. The second-order valence-electron chi connectivity index (χ2n) is 6.53. The number of benzene rings is 1. The van der Waals surface area contributed by atoms with Gasteiger partial charge in [-0.2, -0.15) is 0 Å². The summed E-state index contributed by atoms with van der Waals surface area (Å²) in [6.45, 7) is 3.62. The number of rotatable bonds is 5. The molecule has 2 rings (SSSR count). The van der Waals surface area contributed by atoms with Gasteiger partial charge in [0.25, 0.3) is 0 Å². The van der Waals surface area contributed by atoms with Crippen molar-refractivity contribution in [1.82, 2.24) is 5.32 Å². The van der Waals surface area contributed by atoms with E-state index in [1.165, 1.54) is 5.56 Å². The normalized spacial score (nSPS) is 23.0. The summed E-state index contributed by atoms with van der Waals surface area (Å²) >= 11 is 0. The summed E-state index contributed by atoms with van der Waals surface area (Å²) in [5, 5.41) is 11.9. The van der Waals surface area contributed by atoms with E-state index in [9.17, 15) is 9.59 Å². The lowest BCUT2D eigenvalue weighted by Crippen LogP contribution is -2.47. The van der Waals surface area contributed by atoms with Crippen molar-refractivity contribution in [2.24, 2.45) is 11.8 Å². The smallest absolute Gasteiger partial charge is 0.326 e. The molecular weight excluding hydrogens is 278 g/mol. The third-order valence-corrected chi connectivity index (χ3v) is 4.60.